The maximum atomic E-state index is 6.14. The van der Waals surface area contributed by atoms with E-state index in [1.807, 2.05) is 97.1 Å². The third-order valence-corrected chi connectivity index (χ3v) is 7.11. The van der Waals surface area contributed by atoms with Crippen molar-refractivity contribution in [2.24, 2.45) is 0 Å². The van der Waals surface area contributed by atoms with E-state index in [1.54, 1.807) is 0 Å². The van der Waals surface area contributed by atoms with Crippen molar-refractivity contribution in [1.29, 1.82) is 0 Å². The molecular weight excluding hydrogens is 580 g/mol. The van der Waals surface area contributed by atoms with E-state index in [4.69, 9.17) is 22.9 Å². The van der Waals surface area contributed by atoms with Crippen LogP contribution in [0.4, 0.5) is 69.8 Å². The second kappa shape index (κ2) is 11.6. The van der Waals surface area contributed by atoms with Crippen molar-refractivity contribution in [3.63, 3.8) is 0 Å². The molecular formula is C32H28N14. The van der Waals surface area contributed by atoms with E-state index in [2.05, 4.69) is 51.2 Å². The molecule has 12 N–H and O–H groups in total. The van der Waals surface area contributed by atoms with Gasteiger partial charge in [0, 0.05) is 55.7 Å². The second-order valence-corrected chi connectivity index (χ2v) is 10.3. The molecule has 0 fully saturated rings. The number of anilines is 12. The summed E-state index contributed by atoms with van der Waals surface area (Å²) in [6, 6.07) is 30.4. The Balaban J connectivity index is 1.06. The Bertz CT molecular complexity index is 2060. The van der Waals surface area contributed by atoms with Crippen LogP contribution in [0.5, 0.6) is 0 Å². The van der Waals surface area contributed by atoms with Gasteiger partial charge in [0.05, 0.1) is 0 Å². The number of nitrogens with one attached hydrogen (secondary N) is 4. The SMILES string of the molecule is Nc1nc(Nc2ccc(Nc3nc(N)nc(Nc4cccc5c(N)cccc45)n3)cc2)nc(Nc2cccc3c(N)cccc23)n1. The molecule has 7 aromatic rings. The minimum absolute atomic E-state index is 0.0573. The van der Waals surface area contributed by atoms with Crippen molar-refractivity contribution in [1.82, 2.24) is 29.9 Å². The number of nitrogens with two attached hydrogens (primary N) is 4. The van der Waals surface area contributed by atoms with Gasteiger partial charge < -0.3 is 44.2 Å². The lowest BCUT2D eigenvalue weighted by Crippen LogP contribution is -2.08. The van der Waals surface area contributed by atoms with E-state index in [0.717, 1.165) is 32.9 Å². The highest BCUT2D eigenvalue weighted by molar-refractivity contribution is 6.02. The lowest BCUT2D eigenvalue weighted by molar-refractivity contribution is 1.07. The fraction of sp³-hybridized carbons (Fsp3) is 0. The highest BCUT2D eigenvalue weighted by Crippen LogP contribution is 2.31. The first kappa shape index (κ1) is 27.8. The number of aromatic nitrogens is 6. The molecule has 46 heavy (non-hydrogen) atoms. The van der Waals surface area contributed by atoms with Gasteiger partial charge >= 0.3 is 0 Å². The molecule has 0 aliphatic rings. The molecule has 0 unspecified atom stereocenters. The molecule has 226 valence electrons. The van der Waals surface area contributed by atoms with Crippen LogP contribution in [0.15, 0.2) is 97.1 Å². The summed E-state index contributed by atoms with van der Waals surface area (Å²) in [7, 11) is 0. The standard InChI is InChI=1S/C32H28N14/c33-23-9-1-7-21-19(23)5-3-11-25(21)39-31-43-27(35)41-29(45-31)37-17-13-15-18(16-14-17)38-30-42-28(36)44-32(46-30)40-26-12-4-6-20-22(26)8-2-10-24(20)34/h1-16H,33-34H2,(H4,35,37,39,41,43,45)(H4,36,38,40,42,44,46). The summed E-state index contributed by atoms with van der Waals surface area (Å²) in [6.45, 7) is 0. The number of nitrogens with zero attached hydrogens (tertiary/aromatic N) is 6. The summed E-state index contributed by atoms with van der Waals surface area (Å²) >= 11 is 0. The van der Waals surface area contributed by atoms with Crippen LogP contribution in [0.1, 0.15) is 0 Å². The first-order chi connectivity index (χ1) is 22.4. The van der Waals surface area contributed by atoms with Crippen LogP contribution in [0.3, 0.4) is 0 Å². The molecule has 0 aliphatic carbocycles. The Morgan fingerprint density at radius 3 is 1.11 bits per heavy atom. The van der Waals surface area contributed by atoms with Crippen LogP contribution >= 0.6 is 0 Å². The Kier molecular flexibility index (Phi) is 7.03. The first-order valence-electron chi connectivity index (χ1n) is 14.1. The molecule has 14 heteroatoms. The van der Waals surface area contributed by atoms with Crippen molar-refractivity contribution in [2.75, 3.05) is 44.2 Å². The fourth-order valence-corrected chi connectivity index (χ4v) is 5.03. The van der Waals surface area contributed by atoms with E-state index in [1.165, 1.54) is 0 Å². The van der Waals surface area contributed by atoms with Crippen LogP contribution < -0.4 is 44.2 Å². The molecule has 5 aromatic carbocycles. The highest BCUT2D eigenvalue weighted by atomic mass is 15.3. The molecule has 0 aliphatic heterocycles. The average Bonchev–Trinajstić information content (AvgIpc) is 3.03. The maximum Gasteiger partial charge on any atom is 0.233 e. The molecule has 0 spiro atoms. The molecule has 7 rings (SSSR count). The predicted molar refractivity (Wildman–Crippen MR) is 185 cm³/mol. The van der Waals surface area contributed by atoms with Gasteiger partial charge in [-0.05, 0) is 48.5 Å². The molecule has 0 saturated carbocycles. The van der Waals surface area contributed by atoms with Gasteiger partial charge in [-0.25, -0.2) is 0 Å². The monoisotopic (exact) mass is 608 g/mol. The average molecular weight is 609 g/mol. The lowest BCUT2D eigenvalue weighted by Gasteiger charge is -2.12. The molecule has 0 bridgehead atoms. The Morgan fingerprint density at radius 1 is 0.348 bits per heavy atom. The number of rotatable bonds is 8. The van der Waals surface area contributed by atoms with E-state index in [0.29, 0.717) is 22.7 Å². The minimum atomic E-state index is 0.0573. The molecule has 0 saturated heterocycles. The Hall–Kier alpha value is -6.96. The van der Waals surface area contributed by atoms with E-state index in [9.17, 15) is 0 Å². The zero-order chi connectivity index (χ0) is 31.6. The summed E-state index contributed by atoms with van der Waals surface area (Å²) in [4.78, 5) is 25.9. The highest BCUT2D eigenvalue weighted by Gasteiger charge is 2.11. The lowest BCUT2D eigenvalue weighted by atomic mass is 10.1. The normalized spacial score (nSPS) is 11.0. The van der Waals surface area contributed by atoms with Crippen molar-refractivity contribution in [3.8, 4) is 0 Å². The summed E-state index contributed by atoms with van der Waals surface area (Å²) in [6.07, 6.45) is 0. The summed E-state index contributed by atoms with van der Waals surface area (Å²) < 4.78 is 0. The van der Waals surface area contributed by atoms with Crippen LogP contribution in [0.25, 0.3) is 21.5 Å². The van der Waals surface area contributed by atoms with Crippen LogP contribution in [-0.2, 0) is 0 Å². The van der Waals surface area contributed by atoms with Crippen molar-refractivity contribution in [2.45, 2.75) is 0 Å². The van der Waals surface area contributed by atoms with Gasteiger partial charge in [0.15, 0.2) is 0 Å². The third-order valence-electron chi connectivity index (χ3n) is 7.11. The van der Waals surface area contributed by atoms with Crippen LogP contribution in [0.2, 0.25) is 0 Å². The van der Waals surface area contributed by atoms with Gasteiger partial charge in [-0.15, -0.1) is 0 Å². The zero-order valence-corrected chi connectivity index (χ0v) is 24.2. The number of benzene rings is 5. The number of fused-ring (bicyclic) bond motifs is 2. The molecule has 0 radical (unpaired) electrons. The van der Waals surface area contributed by atoms with E-state index < -0.39 is 0 Å². The van der Waals surface area contributed by atoms with Crippen LogP contribution in [-0.4, -0.2) is 29.9 Å². The number of hydrogen-bond donors (Lipinski definition) is 8. The van der Waals surface area contributed by atoms with E-state index in [-0.39, 0.29) is 35.7 Å². The van der Waals surface area contributed by atoms with Crippen LogP contribution in [0, 0.1) is 0 Å². The van der Waals surface area contributed by atoms with Crippen molar-refractivity contribution < 1.29 is 0 Å². The number of nitrogen functional groups attached to an aromatic ring is 4. The number of hydrogen-bond acceptors (Lipinski definition) is 14. The minimum Gasteiger partial charge on any atom is -0.398 e. The van der Waals surface area contributed by atoms with E-state index >= 15 is 0 Å². The predicted octanol–water partition coefficient (Wildman–Crippen LogP) is 5.67. The summed E-state index contributed by atoms with van der Waals surface area (Å²) in [5, 5.41) is 16.5. The van der Waals surface area contributed by atoms with Crippen molar-refractivity contribution in [3.05, 3.63) is 97.1 Å². The van der Waals surface area contributed by atoms with Gasteiger partial charge in [-0.2, -0.15) is 29.9 Å². The zero-order valence-electron chi connectivity index (χ0n) is 24.2. The largest absolute Gasteiger partial charge is 0.398 e. The summed E-state index contributed by atoms with van der Waals surface area (Å²) in [5.74, 6) is 1.22. The van der Waals surface area contributed by atoms with Gasteiger partial charge in [0.1, 0.15) is 0 Å². The van der Waals surface area contributed by atoms with Gasteiger partial charge in [0.2, 0.25) is 35.7 Å². The quantitative estimate of drug-likeness (QED) is 0.0972. The smallest absolute Gasteiger partial charge is 0.233 e. The molecule has 2 heterocycles. The Labute approximate surface area is 262 Å². The van der Waals surface area contributed by atoms with Gasteiger partial charge in [-0.3, -0.25) is 0 Å². The molecule has 14 nitrogen and oxygen atoms in total. The first-order valence-corrected chi connectivity index (χ1v) is 14.1. The summed E-state index contributed by atoms with van der Waals surface area (Å²) in [5.41, 5.74) is 28.7. The molecule has 0 atom stereocenters. The van der Waals surface area contributed by atoms with Gasteiger partial charge in [0.25, 0.3) is 0 Å². The maximum absolute atomic E-state index is 6.14. The van der Waals surface area contributed by atoms with Crippen molar-refractivity contribution >= 4 is 91.4 Å². The fourth-order valence-electron chi connectivity index (χ4n) is 5.03. The topological polar surface area (TPSA) is 230 Å². The third kappa shape index (κ3) is 5.80. The molecule has 0 amide bonds. The van der Waals surface area contributed by atoms with Gasteiger partial charge in [-0.1, -0.05) is 48.5 Å². The second-order valence-electron chi connectivity index (χ2n) is 10.3. The Morgan fingerprint density at radius 2 is 0.696 bits per heavy atom. The molecule has 2 aromatic heterocycles.